The standard InChI is InChI=1S/C58H39N5O/c1-36-33-40(35-46-43-24-12-14-28-49(43)63(54(36)46)50-29-15-25-44-42-23-11-13-27-48(42)62(55(44)50)41-21-9-4-10-22-41)39-31-32-51-47(34-39)53-45(26-16-30-52(53)64-51)58-60-56(37-17-5-2-6-18-37)59-57(61-58)38-19-7-3-8-20-38/h2-36,54H,1H3. The van der Waals surface area contributed by atoms with E-state index in [9.17, 15) is 0 Å². The van der Waals surface area contributed by atoms with Crippen LogP contribution in [-0.2, 0) is 0 Å². The zero-order valence-electron chi connectivity index (χ0n) is 34.9. The third-order valence-electron chi connectivity index (χ3n) is 13.0. The molecule has 0 radical (unpaired) electrons. The van der Waals surface area contributed by atoms with Gasteiger partial charge in [0.15, 0.2) is 17.5 Å². The number of rotatable bonds is 6. The van der Waals surface area contributed by atoms with Crippen molar-refractivity contribution in [2.45, 2.75) is 13.0 Å². The number of aromatic nitrogens is 4. The van der Waals surface area contributed by atoms with Crippen LogP contribution in [0.1, 0.15) is 18.1 Å². The summed E-state index contributed by atoms with van der Waals surface area (Å²) in [7, 11) is 0. The first-order valence-electron chi connectivity index (χ1n) is 21.9. The minimum atomic E-state index is 0.0977. The van der Waals surface area contributed by atoms with Crippen LogP contribution in [0.15, 0.2) is 211 Å². The Morgan fingerprint density at radius 3 is 1.89 bits per heavy atom. The quantitative estimate of drug-likeness (QED) is 0.167. The van der Waals surface area contributed by atoms with E-state index in [0.29, 0.717) is 17.5 Å². The molecule has 64 heavy (non-hydrogen) atoms. The van der Waals surface area contributed by atoms with E-state index in [4.69, 9.17) is 19.4 Å². The van der Waals surface area contributed by atoms with Gasteiger partial charge in [-0.2, -0.15) is 0 Å². The van der Waals surface area contributed by atoms with Gasteiger partial charge in [0, 0.05) is 55.2 Å². The van der Waals surface area contributed by atoms with Crippen molar-refractivity contribution in [3.05, 3.63) is 217 Å². The first-order valence-corrected chi connectivity index (χ1v) is 21.9. The highest BCUT2D eigenvalue weighted by Gasteiger charge is 2.40. The average molecular weight is 822 g/mol. The van der Waals surface area contributed by atoms with E-state index in [2.05, 4.69) is 150 Å². The third-order valence-corrected chi connectivity index (χ3v) is 13.0. The fraction of sp³-hybridized carbons (Fsp3) is 0.0517. The van der Waals surface area contributed by atoms with E-state index in [0.717, 1.165) is 49.9 Å². The smallest absolute Gasteiger partial charge is 0.164 e. The van der Waals surface area contributed by atoms with Crippen LogP contribution in [0.2, 0.25) is 0 Å². The normalized spacial score (nSPS) is 15.7. The van der Waals surface area contributed by atoms with E-state index >= 15 is 0 Å². The number of benzene rings is 8. The SMILES string of the molecule is CC1C=C(c2ccc3oc4cccc(-c5nc(-c6ccccc6)nc(-c6ccccc6)n5)c4c3c2)C=C2c3ccccc3N(c3cccc4c5ccccc5n(-c5ccccc5)c34)C21. The molecule has 3 aromatic heterocycles. The molecule has 13 rings (SSSR count). The molecular formula is C58H39N5O. The molecule has 11 aromatic rings. The Morgan fingerprint density at radius 2 is 1.11 bits per heavy atom. The minimum Gasteiger partial charge on any atom is -0.456 e. The lowest BCUT2D eigenvalue weighted by Gasteiger charge is -2.34. The maximum Gasteiger partial charge on any atom is 0.164 e. The molecule has 6 heteroatoms. The van der Waals surface area contributed by atoms with Gasteiger partial charge >= 0.3 is 0 Å². The van der Waals surface area contributed by atoms with Crippen LogP contribution < -0.4 is 4.90 Å². The number of para-hydroxylation sites is 4. The summed E-state index contributed by atoms with van der Waals surface area (Å²) >= 11 is 0. The van der Waals surface area contributed by atoms with E-state index in [1.165, 1.54) is 49.9 Å². The van der Waals surface area contributed by atoms with Gasteiger partial charge in [0.2, 0.25) is 0 Å². The molecule has 0 spiro atoms. The van der Waals surface area contributed by atoms with Crippen molar-refractivity contribution in [2.75, 3.05) is 4.90 Å². The summed E-state index contributed by atoms with van der Waals surface area (Å²) in [5.41, 5.74) is 15.3. The Kier molecular flexibility index (Phi) is 8.15. The van der Waals surface area contributed by atoms with Crippen molar-refractivity contribution in [3.8, 4) is 39.9 Å². The van der Waals surface area contributed by atoms with Gasteiger partial charge in [0.1, 0.15) is 11.2 Å². The predicted molar refractivity (Wildman–Crippen MR) is 262 cm³/mol. The molecule has 1 aliphatic heterocycles. The van der Waals surface area contributed by atoms with Gasteiger partial charge in [0.05, 0.1) is 22.8 Å². The van der Waals surface area contributed by atoms with Crippen LogP contribution in [0.25, 0.3) is 94.7 Å². The molecule has 2 aliphatic rings. The van der Waals surface area contributed by atoms with Gasteiger partial charge < -0.3 is 13.9 Å². The largest absolute Gasteiger partial charge is 0.456 e. The van der Waals surface area contributed by atoms with Crippen molar-refractivity contribution in [1.82, 2.24) is 19.5 Å². The highest BCUT2D eigenvalue weighted by molar-refractivity contribution is 6.16. The highest BCUT2D eigenvalue weighted by Crippen LogP contribution is 2.53. The van der Waals surface area contributed by atoms with E-state index in [1.54, 1.807) is 0 Å². The second-order valence-corrected chi connectivity index (χ2v) is 16.8. The number of nitrogens with zero attached hydrogens (tertiary/aromatic N) is 5. The van der Waals surface area contributed by atoms with Crippen molar-refractivity contribution < 1.29 is 4.42 Å². The number of hydrogen-bond acceptors (Lipinski definition) is 5. The summed E-state index contributed by atoms with van der Waals surface area (Å²) in [6, 6.07) is 68.3. The molecule has 0 amide bonds. The Bertz CT molecular complexity index is 3640. The molecule has 6 nitrogen and oxygen atoms in total. The number of allylic oxidation sites excluding steroid dienone is 2. The Hall–Kier alpha value is -8.35. The number of fused-ring (bicyclic) bond motifs is 9. The summed E-state index contributed by atoms with van der Waals surface area (Å²) in [4.78, 5) is 17.8. The van der Waals surface area contributed by atoms with Crippen LogP contribution in [-0.4, -0.2) is 25.6 Å². The lowest BCUT2D eigenvalue weighted by molar-refractivity contribution is 0.639. The second kappa shape index (κ2) is 14.4. The molecule has 0 saturated carbocycles. The summed E-state index contributed by atoms with van der Waals surface area (Å²) in [5.74, 6) is 2.03. The lowest BCUT2D eigenvalue weighted by atomic mass is 9.83. The number of anilines is 2. The van der Waals surface area contributed by atoms with Crippen molar-refractivity contribution >= 4 is 66.3 Å². The van der Waals surface area contributed by atoms with E-state index in [-0.39, 0.29) is 12.0 Å². The van der Waals surface area contributed by atoms with Gasteiger partial charge in [0.25, 0.3) is 0 Å². The molecule has 2 unspecified atom stereocenters. The maximum absolute atomic E-state index is 6.57. The maximum atomic E-state index is 6.57. The molecule has 0 fully saturated rings. The molecule has 302 valence electrons. The zero-order chi connectivity index (χ0) is 42.3. The van der Waals surface area contributed by atoms with E-state index in [1.807, 2.05) is 72.8 Å². The predicted octanol–water partition coefficient (Wildman–Crippen LogP) is 14.5. The van der Waals surface area contributed by atoms with Crippen molar-refractivity contribution in [3.63, 3.8) is 0 Å². The topological polar surface area (TPSA) is 60.0 Å². The summed E-state index contributed by atoms with van der Waals surface area (Å²) in [5, 5.41) is 4.50. The molecule has 4 heterocycles. The monoisotopic (exact) mass is 821 g/mol. The Morgan fingerprint density at radius 1 is 0.484 bits per heavy atom. The Labute approximate surface area is 369 Å². The summed E-state index contributed by atoms with van der Waals surface area (Å²) in [6.45, 7) is 2.36. The van der Waals surface area contributed by atoms with Crippen LogP contribution in [0.4, 0.5) is 11.4 Å². The van der Waals surface area contributed by atoms with Gasteiger partial charge in [-0.25, -0.2) is 15.0 Å². The van der Waals surface area contributed by atoms with Gasteiger partial charge in [-0.3, -0.25) is 0 Å². The molecule has 0 N–H and O–H groups in total. The third kappa shape index (κ3) is 5.62. The zero-order valence-corrected chi connectivity index (χ0v) is 34.9. The first-order chi connectivity index (χ1) is 31.7. The lowest BCUT2D eigenvalue weighted by Crippen LogP contribution is -2.33. The van der Waals surface area contributed by atoms with Gasteiger partial charge in [-0.1, -0.05) is 159 Å². The summed E-state index contributed by atoms with van der Waals surface area (Å²) < 4.78 is 9.01. The fourth-order valence-corrected chi connectivity index (χ4v) is 10.3. The Balaban J connectivity index is 0.953. The van der Waals surface area contributed by atoms with Crippen molar-refractivity contribution in [2.24, 2.45) is 5.92 Å². The van der Waals surface area contributed by atoms with Crippen LogP contribution >= 0.6 is 0 Å². The van der Waals surface area contributed by atoms with Gasteiger partial charge in [-0.15, -0.1) is 0 Å². The molecule has 2 atom stereocenters. The minimum absolute atomic E-state index is 0.0977. The van der Waals surface area contributed by atoms with Crippen molar-refractivity contribution in [1.29, 1.82) is 0 Å². The number of furan rings is 1. The van der Waals surface area contributed by atoms with Crippen LogP contribution in [0.5, 0.6) is 0 Å². The van der Waals surface area contributed by atoms with Crippen LogP contribution in [0.3, 0.4) is 0 Å². The average Bonchev–Trinajstić information content (AvgIpc) is 4.03. The molecule has 1 aliphatic carbocycles. The number of hydrogen-bond donors (Lipinski definition) is 0. The second-order valence-electron chi connectivity index (χ2n) is 16.8. The summed E-state index contributed by atoms with van der Waals surface area (Å²) in [6.07, 6.45) is 4.87. The molecule has 0 saturated heterocycles. The molecular weight excluding hydrogens is 783 g/mol. The van der Waals surface area contributed by atoms with Gasteiger partial charge in [-0.05, 0) is 77.2 Å². The first kappa shape index (κ1) is 36.3. The molecule has 0 bridgehead atoms. The fourth-order valence-electron chi connectivity index (χ4n) is 10.3. The van der Waals surface area contributed by atoms with Crippen LogP contribution in [0, 0.1) is 5.92 Å². The molecule has 8 aromatic carbocycles. The highest BCUT2D eigenvalue weighted by atomic mass is 16.3. The van der Waals surface area contributed by atoms with E-state index < -0.39 is 0 Å².